The number of rotatable bonds is 5. The predicted molar refractivity (Wildman–Crippen MR) is 77.5 cm³/mol. The first-order chi connectivity index (χ1) is 8.66. The number of hydrogen-bond donors (Lipinski definition) is 1. The van der Waals surface area contributed by atoms with E-state index >= 15 is 0 Å². The van der Waals surface area contributed by atoms with Crippen LogP contribution in [0.15, 0.2) is 28.7 Å². The van der Waals surface area contributed by atoms with Crippen molar-refractivity contribution in [3.63, 3.8) is 0 Å². The highest BCUT2D eigenvalue weighted by Gasteiger charge is 2.20. The largest absolute Gasteiger partial charge is 0.380 e. The van der Waals surface area contributed by atoms with Crippen molar-refractivity contribution in [3.05, 3.63) is 34.3 Å². The van der Waals surface area contributed by atoms with Gasteiger partial charge in [-0.3, -0.25) is 0 Å². The number of nitrogens with two attached hydrogens (primary N) is 1. The number of ether oxygens (including phenoxy) is 1. The summed E-state index contributed by atoms with van der Waals surface area (Å²) in [5, 5.41) is 0. The molecule has 1 aliphatic rings. The molecule has 1 aliphatic heterocycles. The normalized spacial score (nSPS) is 21.4. The van der Waals surface area contributed by atoms with Crippen LogP contribution in [0.3, 0.4) is 0 Å². The molecule has 18 heavy (non-hydrogen) atoms. The van der Waals surface area contributed by atoms with Crippen molar-refractivity contribution in [2.24, 2.45) is 5.73 Å². The molecule has 1 aromatic carbocycles. The molecule has 0 aliphatic carbocycles. The SMILES string of the molecule is CN(CCC(N)c1ccc(Br)cc1)C1CCOC1. The van der Waals surface area contributed by atoms with Gasteiger partial charge < -0.3 is 15.4 Å². The van der Waals surface area contributed by atoms with E-state index in [0.29, 0.717) is 6.04 Å². The first-order valence-electron chi connectivity index (χ1n) is 6.46. The zero-order chi connectivity index (χ0) is 13.0. The van der Waals surface area contributed by atoms with Crippen LogP contribution >= 0.6 is 15.9 Å². The molecule has 0 radical (unpaired) electrons. The Kier molecular flexibility index (Phi) is 5.18. The summed E-state index contributed by atoms with van der Waals surface area (Å²) in [4.78, 5) is 2.37. The second-order valence-electron chi connectivity index (χ2n) is 4.94. The molecule has 1 aromatic rings. The topological polar surface area (TPSA) is 38.5 Å². The van der Waals surface area contributed by atoms with Crippen LogP contribution < -0.4 is 5.73 Å². The van der Waals surface area contributed by atoms with E-state index in [-0.39, 0.29) is 6.04 Å². The highest BCUT2D eigenvalue weighted by molar-refractivity contribution is 9.10. The van der Waals surface area contributed by atoms with E-state index in [4.69, 9.17) is 10.5 Å². The molecule has 0 amide bonds. The lowest BCUT2D eigenvalue weighted by atomic mass is 10.0. The summed E-state index contributed by atoms with van der Waals surface area (Å²) in [5.41, 5.74) is 7.42. The van der Waals surface area contributed by atoms with Gasteiger partial charge in [-0.1, -0.05) is 28.1 Å². The van der Waals surface area contributed by atoms with Crippen molar-refractivity contribution >= 4 is 15.9 Å². The van der Waals surface area contributed by atoms with Gasteiger partial charge in [0.2, 0.25) is 0 Å². The molecular weight excluding hydrogens is 292 g/mol. The molecule has 2 rings (SSSR count). The molecule has 0 spiro atoms. The van der Waals surface area contributed by atoms with E-state index in [2.05, 4.69) is 40.0 Å². The van der Waals surface area contributed by atoms with Crippen LogP contribution in [0.4, 0.5) is 0 Å². The van der Waals surface area contributed by atoms with Crippen LogP contribution in [-0.2, 0) is 4.74 Å². The summed E-state index contributed by atoms with van der Waals surface area (Å²) >= 11 is 3.44. The van der Waals surface area contributed by atoms with Gasteiger partial charge in [-0.15, -0.1) is 0 Å². The van der Waals surface area contributed by atoms with E-state index in [0.717, 1.165) is 37.1 Å². The van der Waals surface area contributed by atoms with Gasteiger partial charge in [-0.25, -0.2) is 0 Å². The summed E-state index contributed by atoms with van der Waals surface area (Å²) in [5.74, 6) is 0. The monoisotopic (exact) mass is 312 g/mol. The zero-order valence-electron chi connectivity index (χ0n) is 10.8. The average Bonchev–Trinajstić information content (AvgIpc) is 2.90. The molecule has 2 atom stereocenters. The Morgan fingerprint density at radius 3 is 2.78 bits per heavy atom. The van der Waals surface area contributed by atoms with Gasteiger partial charge in [0.1, 0.15) is 0 Å². The third kappa shape index (κ3) is 3.79. The maximum absolute atomic E-state index is 6.22. The summed E-state index contributed by atoms with van der Waals surface area (Å²) in [7, 11) is 2.16. The maximum Gasteiger partial charge on any atom is 0.0622 e. The quantitative estimate of drug-likeness (QED) is 0.908. The zero-order valence-corrected chi connectivity index (χ0v) is 12.4. The smallest absolute Gasteiger partial charge is 0.0622 e. The fraction of sp³-hybridized carbons (Fsp3) is 0.571. The summed E-state index contributed by atoms with van der Waals surface area (Å²) in [6, 6.07) is 8.96. The number of halogens is 1. The fourth-order valence-electron chi connectivity index (χ4n) is 2.27. The van der Waals surface area contributed by atoms with Crippen LogP contribution in [0.1, 0.15) is 24.4 Å². The Hall–Kier alpha value is -0.420. The van der Waals surface area contributed by atoms with Crippen LogP contribution in [0, 0.1) is 0 Å². The average molecular weight is 313 g/mol. The minimum atomic E-state index is 0.114. The Morgan fingerprint density at radius 2 is 2.17 bits per heavy atom. The van der Waals surface area contributed by atoms with Crippen LogP contribution in [0.25, 0.3) is 0 Å². The first-order valence-corrected chi connectivity index (χ1v) is 7.25. The summed E-state index contributed by atoms with van der Waals surface area (Å²) in [6.07, 6.45) is 2.12. The van der Waals surface area contributed by atoms with Crippen molar-refractivity contribution in [1.82, 2.24) is 4.90 Å². The second kappa shape index (κ2) is 6.66. The molecule has 3 nitrogen and oxygen atoms in total. The Balaban J connectivity index is 1.80. The van der Waals surface area contributed by atoms with Crippen molar-refractivity contribution < 1.29 is 4.74 Å². The Morgan fingerprint density at radius 1 is 1.44 bits per heavy atom. The van der Waals surface area contributed by atoms with E-state index in [1.807, 2.05) is 12.1 Å². The van der Waals surface area contributed by atoms with E-state index < -0.39 is 0 Å². The molecule has 0 aromatic heterocycles. The minimum Gasteiger partial charge on any atom is -0.380 e. The fourth-order valence-corrected chi connectivity index (χ4v) is 2.54. The van der Waals surface area contributed by atoms with Gasteiger partial charge in [-0.05, 0) is 37.6 Å². The molecule has 1 fully saturated rings. The van der Waals surface area contributed by atoms with Gasteiger partial charge >= 0.3 is 0 Å². The standard InChI is InChI=1S/C14H21BrN2O/c1-17(13-7-9-18-10-13)8-6-14(16)11-2-4-12(15)5-3-11/h2-5,13-14H,6-10,16H2,1H3. The minimum absolute atomic E-state index is 0.114. The van der Waals surface area contributed by atoms with Gasteiger partial charge in [0.25, 0.3) is 0 Å². The van der Waals surface area contributed by atoms with E-state index in [9.17, 15) is 0 Å². The molecule has 1 saturated heterocycles. The molecule has 100 valence electrons. The molecular formula is C14H21BrN2O. The van der Waals surface area contributed by atoms with Crippen molar-refractivity contribution in [2.75, 3.05) is 26.8 Å². The van der Waals surface area contributed by atoms with Crippen molar-refractivity contribution in [3.8, 4) is 0 Å². The number of nitrogens with zero attached hydrogens (tertiary/aromatic N) is 1. The molecule has 4 heteroatoms. The maximum atomic E-state index is 6.22. The molecule has 2 N–H and O–H groups in total. The van der Waals surface area contributed by atoms with Gasteiger partial charge in [0.05, 0.1) is 6.61 Å². The second-order valence-corrected chi connectivity index (χ2v) is 5.86. The molecule has 1 heterocycles. The number of likely N-dealkylation sites (N-methyl/N-ethyl adjacent to an activating group) is 1. The Bertz CT molecular complexity index is 363. The van der Waals surface area contributed by atoms with Gasteiger partial charge in [0.15, 0.2) is 0 Å². The summed E-state index contributed by atoms with van der Waals surface area (Å²) in [6.45, 7) is 2.78. The third-order valence-corrected chi connectivity index (χ3v) is 4.15. The third-order valence-electron chi connectivity index (χ3n) is 3.62. The van der Waals surface area contributed by atoms with Gasteiger partial charge in [0, 0.05) is 29.7 Å². The molecule has 0 saturated carbocycles. The van der Waals surface area contributed by atoms with Crippen LogP contribution in [0.5, 0.6) is 0 Å². The van der Waals surface area contributed by atoms with Crippen molar-refractivity contribution in [2.45, 2.75) is 24.9 Å². The lowest BCUT2D eigenvalue weighted by molar-refractivity contribution is 0.157. The van der Waals surface area contributed by atoms with Crippen molar-refractivity contribution in [1.29, 1.82) is 0 Å². The highest BCUT2D eigenvalue weighted by atomic mass is 79.9. The number of benzene rings is 1. The van der Waals surface area contributed by atoms with E-state index in [1.165, 1.54) is 5.56 Å². The van der Waals surface area contributed by atoms with Crippen LogP contribution in [-0.4, -0.2) is 37.7 Å². The highest BCUT2D eigenvalue weighted by Crippen LogP contribution is 2.19. The van der Waals surface area contributed by atoms with E-state index in [1.54, 1.807) is 0 Å². The number of hydrogen-bond acceptors (Lipinski definition) is 3. The van der Waals surface area contributed by atoms with Gasteiger partial charge in [-0.2, -0.15) is 0 Å². The van der Waals surface area contributed by atoms with Crippen LogP contribution in [0.2, 0.25) is 0 Å². The summed E-state index contributed by atoms with van der Waals surface area (Å²) < 4.78 is 6.50. The Labute approximate surface area is 117 Å². The predicted octanol–water partition coefficient (Wildman–Crippen LogP) is 2.56. The first kappa shape index (κ1) is 14.0. The lowest BCUT2D eigenvalue weighted by Gasteiger charge is -2.24. The molecule has 2 unspecified atom stereocenters. The molecule has 0 bridgehead atoms. The lowest BCUT2D eigenvalue weighted by Crippen LogP contribution is -2.34.